The van der Waals surface area contributed by atoms with Crippen LogP contribution in [0.25, 0.3) is 0 Å². The van der Waals surface area contributed by atoms with Crippen molar-refractivity contribution in [2.45, 2.75) is 18.9 Å². The van der Waals surface area contributed by atoms with E-state index in [1.807, 2.05) is 35.3 Å². The van der Waals surface area contributed by atoms with Gasteiger partial charge in [0, 0.05) is 44.3 Å². The second kappa shape index (κ2) is 7.72. The first kappa shape index (κ1) is 16.9. The van der Waals surface area contributed by atoms with Crippen molar-refractivity contribution in [2.24, 2.45) is 0 Å². The van der Waals surface area contributed by atoms with Crippen LogP contribution < -0.4 is 4.90 Å². The van der Waals surface area contributed by atoms with E-state index in [1.165, 1.54) is 4.88 Å². The Balaban J connectivity index is 1.65. The Bertz CT molecular complexity index is 675. The first-order valence-corrected chi connectivity index (χ1v) is 8.93. The monoisotopic (exact) mass is 346 g/mol. The average Bonchev–Trinajstić information content (AvgIpc) is 3.13. The Morgan fingerprint density at radius 1 is 1.42 bits per heavy atom. The normalized spacial score (nSPS) is 17.8. The van der Waals surface area contributed by atoms with Crippen molar-refractivity contribution in [3.63, 3.8) is 0 Å². The molecule has 0 N–H and O–H groups in total. The molecular formula is C17H22N4O2S. The predicted octanol–water partition coefficient (Wildman–Crippen LogP) is 2.14. The third kappa shape index (κ3) is 3.91. The summed E-state index contributed by atoms with van der Waals surface area (Å²) in [5, 5.41) is 2.04. The van der Waals surface area contributed by atoms with Crippen molar-refractivity contribution >= 4 is 23.1 Å². The molecule has 1 aliphatic rings. The lowest BCUT2D eigenvalue weighted by Crippen LogP contribution is -2.42. The van der Waals surface area contributed by atoms with Gasteiger partial charge in [0.1, 0.15) is 11.8 Å². The van der Waals surface area contributed by atoms with E-state index < -0.39 is 0 Å². The summed E-state index contributed by atoms with van der Waals surface area (Å²) >= 11 is 1.69. The van der Waals surface area contributed by atoms with Crippen molar-refractivity contribution in [1.29, 1.82) is 0 Å². The molecule has 0 spiro atoms. The van der Waals surface area contributed by atoms with Gasteiger partial charge >= 0.3 is 0 Å². The van der Waals surface area contributed by atoms with Crippen LogP contribution in [0.2, 0.25) is 0 Å². The highest BCUT2D eigenvalue weighted by atomic mass is 32.1. The molecule has 1 saturated heterocycles. The van der Waals surface area contributed by atoms with Crippen LogP contribution in [0.5, 0.6) is 0 Å². The van der Waals surface area contributed by atoms with E-state index in [9.17, 15) is 4.79 Å². The first-order valence-electron chi connectivity index (χ1n) is 8.05. The van der Waals surface area contributed by atoms with Gasteiger partial charge in [0.15, 0.2) is 5.82 Å². The molecule has 3 rings (SSSR count). The molecule has 2 aromatic heterocycles. The number of anilines is 1. The molecule has 7 heteroatoms. The zero-order valence-corrected chi connectivity index (χ0v) is 14.8. The van der Waals surface area contributed by atoms with Crippen LogP contribution in [0.15, 0.2) is 29.9 Å². The smallest absolute Gasteiger partial charge is 0.223 e. The topological polar surface area (TPSA) is 58.6 Å². The van der Waals surface area contributed by atoms with E-state index >= 15 is 0 Å². The number of aromatic nitrogens is 2. The molecular weight excluding hydrogens is 324 g/mol. The standard InChI is InChI=1S/C17H22N4O2S/c1-20(2)17-16(18-7-8-19-17)14-12-21(9-10-23-14)15(22)6-5-13-4-3-11-24-13/h3-4,7-8,11,14H,5-6,9-10,12H2,1-2H3/t14-/m0/s1. The molecule has 0 saturated carbocycles. The van der Waals surface area contributed by atoms with Crippen LogP contribution in [0.4, 0.5) is 5.82 Å². The molecule has 2 aromatic rings. The Labute approximate surface area is 146 Å². The summed E-state index contributed by atoms with van der Waals surface area (Å²) in [5.41, 5.74) is 0.790. The van der Waals surface area contributed by atoms with E-state index in [0.717, 1.165) is 17.9 Å². The molecule has 3 heterocycles. The van der Waals surface area contributed by atoms with Crippen LogP contribution in [-0.4, -0.2) is 54.6 Å². The third-order valence-corrected chi connectivity index (χ3v) is 4.96. The fourth-order valence-electron chi connectivity index (χ4n) is 2.80. The highest BCUT2D eigenvalue weighted by molar-refractivity contribution is 7.09. The van der Waals surface area contributed by atoms with Gasteiger partial charge in [0.25, 0.3) is 0 Å². The molecule has 0 aliphatic carbocycles. The number of nitrogens with zero attached hydrogens (tertiary/aromatic N) is 4. The quantitative estimate of drug-likeness (QED) is 0.830. The van der Waals surface area contributed by atoms with Crippen LogP contribution in [-0.2, 0) is 16.0 Å². The number of amides is 1. The number of hydrogen-bond donors (Lipinski definition) is 0. The zero-order chi connectivity index (χ0) is 16.9. The van der Waals surface area contributed by atoms with Crippen molar-refractivity contribution in [2.75, 3.05) is 38.7 Å². The molecule has 0 radical (unpaired) electrons. The molecule has 1 fully saturated rings. The Kier molecular flexibility index (Phi) is 5.42. The van der Waals surface area contributed by atoms with E-state index in [4.69, 9.17) is 4.74 Å². The lowest BCUT2D eigenvalue weighted by molar-refractivity contribution is -0.139. The first-order chi connectivity index (χ1) is 11.6. The molecule has 24 heavy (non-hydrogen) atoms. The number of thiophene rings is 1. The van der Waals surface area contributed by atoms with Gasteiger partial charge in [-0.3, -0.25) is 9.78 Å². The van der Waals surface area contributed by atoms with Gasteiger partial charge < -0.3 is 14.5 Å². The van der Waals surface area contributed by atoms with Crippen molar-refractivity contribution < 1.29 is 9.53 Å². The van der Waals surface area contributed by atoms with E-state index in [-0.39, 0.29) is 12.0 Å². The predicted molar refractivity (Wildman–Crippen MR) is 94.3 cm³/mol. The summed E-state index contributed by atoms with van der Waals surface area (Å²) in [6, 6.07) is 4.09. The molecule has 1 amide bonds. The van der Waals surface area contributed by atoms with E-state index in [1.54, 1.807) is 23.7 Å². The maximum Gasteiger partial charge on any atom is 0.223 e. The molecule has 0 aromatic carbocycles. The zero-order valence-electron chi connectivity index (χ0n) is 14.0. The van der Waals surface area contributed by atoms with Gasteiger partial charge in [-0.05, 0) is 17.9 Å². The number of carbonyl (C=O) groups excluding carboxylic acids is 1. The van der Waals surface area contributed by atoms with E-state index in [0.29, 0.717) is 26.1 Å². The summed E-state index contributed by atoms with van der Waals surface area (Å²) < 4.78 is 5.86. The lowest BCUT2D eigenvalue weighted by atomic mass is 10.1. The highest BCUT2D eigenvalue weighted by Gasteiger charge is 2.28. The minimum Gasteiger partial charge on any atom is -0.368 e. The maximum absolute atomic E-state index is 12.5. The molecule has 128 valence electrons. The molecule has 6 nitrogen and oxygen atoms in total. The summed E-state index contributed by atoms with van der Waals surface area (Å²) in [4.78, 5) is 26.4. The summed E-state index contributed by atoms with van der Waals surface area (Å²) in [6.45, 7) is 1.69. The number of hydrogen-bond acceptors (Lipinski definition) is 6. The van der Waals surface area contributed by atoms with Crippen molar-refractivity contribution in [1.82, 2.24) is 14.9 Å². The highest BCUT2D eigenvalue weighted by Crippen LogP contribution is 2.27. The second-order valence-electron chi connectivity index (χ2n) is 5.94. The number of aryl methyl sites for hydroxylation is 1. The number of carbonyl (C=O) groups is 1. The number of ether oxygens (including phenoxy) is 1. The minimum atomic E-state index is -0.226. The van der Waals surface area contributed by atoms with Gasteiger partial charge in [-0.25, -0.2) is 4.98 Å². The molecule has 1 aliphatic heterocycles. The molecule has 1 atom stereocenters. The third-order valence-electron chi connectivity index (χ3n) is 4.02. The van der Waals surface area contributed by atoms with Gasteiger partial charge in [-0.15, -0.1) is 11.3 Å². The van der Waals surface area contributed by atoms with Crippen molar-refractivity contribution in [3.05, 3.63) is 40.5 Å². The molecule has 0 bridgehead atoms. The van der Waals surface area contributed by atoms with Gasteiger partial charge in [0.2, 0.25) is 5.91 Å². The van der Waals surface area contributed by atoms with Gasteiger partial charge in [0.05, 0.1) is 13.2 Å². The van der Waals surface area contributed by atoms with E-state index in [2.05, 4.69) is 16.0 Å². The van der Waals surface area contributed by atoms with Gasteiger partial charge in [-0.2, -0.15) is 0 Å². The van der Waals surface area contributed by atoms with Crippen molar-refractivity contribution in [3.8, 4) is 0 Å². The largest absolute Gasteiger partial charge is 0.368 e. The van der Waals surface area contributed by atoms with Crippen LogP contribution in [0.1, 0.15) is 23.1 Å². The Morgan fingerprint density at radius 3 is 3.00 bits per heavy atom. The number of morpholine rings is 1. The average molecular weight is 346 g/mol. The van der Waals surface area contributed by atoms with Crippen LogP contribution in [0, 0.1) is 0 Å². The SMILES string of the molecule is CN(C)c1nccnc1[C@@H]1CN(C(=O)CCc2cccs2)CCO1. The summed E-state index contributed by atoms with van der Waals surface area (Å²) in [6.07, 6.45) is 4.45. The fraction of sp³-hybridized carbons (Fsp3) is 0.471. The maximum atomic E-state index is 12.5. The van der Waals surface area contributed by atoms with Crippen LogP contribution >= 0.6 is 11.3 Å². The lowest BCUT2D eigenvalue weighted by Gasteiger charge is -2.33. The van der Waals surface area contributed by atoms with Crippen LogP contribution in [0.3, 0.4) is 0 Å². The van der Waals surface area contributed by atoms with Gasteiger partial charge in [-0.1, -0.05) is 6.07 Å². The Morgan fingerprint density at radius 2 is 2.25 bits per heavy atom. The number of rotatable bonds is 5. The summed E-state index contributed by atoms with van der Waals surface area (Å²) in [5.74, 6) is 0.961. The Hall–Kier alpha value is -1.99. The molecule has 0 unspecified atom stereocenters. The minimum absolute atomic E-state index is 0.173. The fourth-order valence-corrected chi connectivity index (χ4v) is 3.51. The second-order valence-corrected chi connectivity index (χ2v) is 6.97. The summed E-state index contributed by atoms with van der Waals surface area (Å²) in [7, 11) is 3.86.